The van der Waals surface area contributed by atoms with E-state index in [1.54, 1.807) is 6.07 Å². The predicted octanol–water partition coefficient (Wildman–Crippen LogP) is 3.63. The van der Waals surface area contributed by atoms with Gasteiger partial charge in [0.05, 0.1) is 6.61 Å². The van der Waals surface area contributed by atoms with Gasteiger partial charge in [-0.1, -0.05) is 45.7 Å². The van der Waals surface area contributed by atoms with E-state index < -0.39 is 0 Å². The van der Waals surface area contributed by atoms with Crippen molar-refractivity contribution in [2.75, 3.05) is 5.33 Å². The van der Waals surface area contributed by atoms with Gasteiger partial charge in [0.1, 0.15) is 0 Å². The van der Waals surface area contributed by atoms with Gasteiger partial charge in [0.2, 0.25) is 0 Å². The Morgan fingerprint density at radius 1 is 1.43 bits per heavy atom. The van der Waals surface area contributed by atoms with Crippen molar-refractivity contribution < 1.29 is 5.11 Å². The Kier molecular flexibility index (Phi) is 5.23. The van der Waals surface area contributed by atoms with Gasteiger partial charge in [0.25, 0.3) is 0 Å². The van der Waals surface area contributed by atoms with E-state index in [1.807, 2.05) is 18.2 Å². The zero-order valence-corrected chi connectivity index (χ0v) is 10.1. The standard InChI is InChI=1S/C11H12BrClO/c12-6-2-1-3-9-4-5-11(13)10(7-9)8-14/h1,3-5,7,14H,2,6,8H2. The lowest BCUT2D eigenvalue weighted by Gasteiger charge is -2.01. The highest BCUT2D eigenvalue weighted by Gasteiger charge is 1.98. The van der Waals surface area contributed by atoms with Crippen LogP contribution < -0.4 is 0 Å². The average molecular weight is 276 g/mol. The van der Waals surface area contributed by atoms with E-state index in [9.17, 15) is 0 Å². The van der Waals surface area contributed by atoms with Crippen LogP contribution in [0.15, 0.2) is 24.3 Å². The van der Waals surface area contributed by atoms with Crippen LogP contribution in [0.2, 0.25) is 5.02 Å². The highest BCUT2D eigenvalue weighted by molar-refractivity contribution is 9.09. The fourth-order valence-electron chi connectivity index (χ4n) is 1.10. The third-order valence-electron chi connectivity index (χ3n) is 1.83. The number of aliphatic hydroxyl groups excluding tert-OH is 1. The highest BCUT2D eigenvalue weighted by Crippen LogP contribution is 2.18. The molecule has 0 spiro atoms. The van der Waals surface area contributed by atoms with E-state index in [-0.39, 0.29) is 6.61 Å². The predicted molar refractivity (Wildman–Crippen MR) is 64.8 cm³/mol. The second-order valence-electron chi connectivity index (χ2n) is 2.89. The van der Waals surface area contributed by atoms with Crippen LogP contribution in [-0.4, -0.2) is 10.4 Å². The first-order valence-corrected chi connectivity index (χ1v) is 5.89. The monoisotopic (exact) mass is 274 g/mol. The number of hydrogen-bond donors (Lipinski definition) is 1. The van der Waals surface area contributed by atoms with Crippen LogP contribution in [0.3, 0.4) is 0 Å². The van der Waals surface area contributed by atoms with Crippen LogP contribution in [0.25, 0.3) is 6.08 Å². The molecule has 1 nitrogen and oxygen atoms in total. The summed E-state index contributed by atoms with van der Waals surface area (Å²) in [6, 6.07) is 5.64. The minimum atomic E-state index is -0.0149. The van der Waals surface area contributed by atoms with Gasteiger partial charge in [0.15, 0.2) is 0 Å². The quantitative estimate of drug-likeness (QED) is 0.832. The maximum Gasteiger partial charge on any atom is 0.0696 e. The molecule has 1 rings (SSSR count). The number of halogens is 2. The number of benzene rings is 1. The number of rotatable bonds is 4. The lowest BCUT2D eigenvalue weighted by atomic mass is 10.1. The maximum absolute atomic E-state index is 9.00. The van der Waals surface area contributed by atoms with Gasteiger partial charge in [-0.3, -0.25) is 0 Å². The highest BCUT2D eigenvalue weighted by atomic mass is 79.9. The molecule has 0 fully saturated rings. The molecule has 1 N–H and O–H groups in total. The molecule has 0 aliphatic carbocycles. The van der Waals surface area contributed by atoms with Crippen LogP contribution in [0, 0.1) is 0 Å². The minimum Gasteiger partial charge on any atom is -0.392 e. The Bertz CT molecular complexity index is 323. The van der Waals surface area contributed by atoms with E-state index in [4.69, 9.17) is 16.7 Å². The molecule has 0 radical (unpaired) electrons. The summed E-state index contributed by atoms with van der Waals surface area (Å²) < 4.78 is 0. The molecule has 0 bridgehead atoms. The Morgan fingerprint density at radius 3 is 2.86 bits per heavy atom. The number of aliphatic hydroxyl groups is 1. The first kappa shape index (κ1) is 11.8. The van der Waals surface area contributed by atoms with Gasteiger partial charge < -0.3 is 5.11 Å². The molecular weight excluding hydrogens is 263 g/mol. The molecule has 0 unspecified atom stereocenters. The smallest absolute Gasteiger partial charge is 0.0696 e. The van der Waals surface area contributed by atoms with Gasteiger partial charge in [-0.15, -0.1) is 0 Å². The molecule has 1 aromatic carbocycles. The van der Waals surface area contributed by atoms with Crippen molar-refractivity contribution in [3.63, 3.8) is 0 Å². The molecule has 1 aromatic rings. The minimum absolute atomic E-state index is 0.0149. The normalized spacial score (nSPS) is 11.1. The van der Waals surface area contributed by atoms with Crippen molar-refractivity contribution >= 4 is 33.6 Å². The second-order valence-corrected chi connectivity index (χ2v) is 4.09. The van der Waals surface area contributed by atoms with Gasteiger partial charge >= 0.3 is 0 Å². The molecule has 0 aliphatic heterocycles. The topological polar surface area (TPSA) is 20.2 Å². The lowest BCUT2D eigenvalue weighted by molar-refractivity contribution is 0.282. The van der Waals surface area contributed by atoms with Crippen LogP contribution >= 0.6 is 27.5 Å². The SMILES string of the molecule is OCc1cc(C=CCCBr)ccc1Cl. The van der Waals surface area contributed by atoms with Crippen LogP contribution in [0.5, 0.6) is 0 Å². The molecule has 0 saturated carbocycles. The average Bonchev–Trinajstić information content (AvgIpc) is 2.21. The van der Waals surface area contributed by atoms with Crippen LogP contribution in [0.4, 0.5) is 0 Å². The molecule has 0 aromatic heterocycles. The zero-order chi connectivity index (χ0) is 10.4. The Hall–Kier alpha value is -0.310. The summed E-state index contributed by atoms with van der Waals surface area (Å²) in [4.78, 5) is 0. The first-order valence-electron chi connectivity index (χ1n) is 4.39. The van der Waals surface area contributed by atoms with E-state index >= 15 is 0 Å². The number of hydrogen-bond acceptors (Lipinski definition) is 1. The van der Waals surface area contributed by atoms with Gasteiger partial charge in [0, 0.05) is 10.4 Å². The van der Waals surface area contributed by atoms with Crippen molar-refractivity contribution in [3.05, 3.63) is 40.4 Å². The molecule has 0 amide bonds. The molecular formula is C11H12BrClO. The molecule has 0 heterocycles. The maximum atomic E-state index is 9.00. The largest absolute Gasteiger partial charge is 0.392 e. The van der Waals surface area contributed by atoms with Gasteiger partial charge in [-0.05, 0) is 29.7 Å². The summed E-state index contributed by atoms with van der Waals surface area (Å²) in [7, 11) is 0. The molecule has 14 heavy (non-hydrogen) atoms. The van der Waals surface area contributed by atoms with Crippen molar-refractivity contribution in [1.29, 1.82) is 0 Å². The Balaban J connectivity index is 2.79. The second kappa shape index (κ2) is 6.23. The molecule has 0 saturated heterocycles. The van der Waals surface area contributed by atoms with E-state index in [0.29, 0.717) is 5.02 Å². The summed E-state index contributed by atoms with van der Waals surface area (Å²) in [6.07, 6.45) is 5.10. The number of allylic oxidation sites excluding steroid dienone is 1. The van der Waals surface area contributed by atoms with Crippen molar-refractivity contribution in [2.45, 2.75) is 13.0 Å². The summed E-state index contributed by atoms with van der Waals surface area (Å²) >= 11 is 9.22. The Labute approximate surface area is 97.5 Å². The van der Waals surface area contributed by atoms with Gasteiger partial charge in [-0.2, -0.15) is 0 Å². The summed E-state index contributed by atoms with van der Waals surface area (Å²) in [6.45, 7) is -0.0149. The van der Waals surface area contributed by atoms with E-state index in [1.165, 1.54) is 0 Å². The summed E-state index contributed by atoms with van der Waals surface area (Å²) in [5, 5.41) is 10.6. The third kappa shape index (κ3) is 3.45. The summed E-state index contributed by atoms with van der Waals surface area (Å²) in [5.41, 5.74) is 1.84. The molecule has 76 valence electrons. The fraction of sp³-hybridized carbons (Fsp3) is 0.273. The Morgan fingerprint density at radius 2 is 2.21 bits per heavy atom. The third-order valence-corrected chi connectivity index (χ3v) is 2.65. The van der Waals surface area contributed by atoms with Gasteiger partial charge in [-0.25, -0.2) is 0 Å². The van der Waals surface area contributed by atoms with Crippen molar-refractivity contribution in [3.8, 4) is 0 Å². The summed E-state index contributed by atoms with van der Waals surface area (Å²) in [5.74, 6) is 0. The zero-order valence-electron chi connectivity index (χ0n) is 7.71. The van der Waals surface area contributed by atoms with Crippen molar-refractivity contribution in [1.82, 2.24) is 0 Å². The lowest BCUT2D eigenvalue weighted by Crippen LogP contribution is -1.85. The number of alkyl halides is 1. The first-order chi connectivity index (χ1) is 6.77. The molecule has 0 atom stereocenters. The molecule has 3 heteroatoms. The molecule has 0 aliphatic rings. The fourth-order valence-corrected chi connectivity index (χ4v) is 1.54. The van der Waals surface area contributed by atoms with Crippen LogP contribution in [0.1, 0.15) is 17.5 Å². The van der Waals surface area contributed by atoms with E-state index in [0.717, 1.165) is 22.9 Å². The van der Waals surface area contributed by atoms with Crippen LogP contribution in [-0.2, 0) is 6.61 Å². The van der Waals surface area contributed by atoms with E-state index in [2.05, 4.69) is 22.0 Å². The van der Waals surface area contributed by atoms with Crippen molar-refractivity contribution in [2.24, 2.45) is 0 Å².